The zero-order valence-corrected chi connectivity index (χ0v) is 12.5. The molecule has 2 aliphatic carbocycles. The van der Waals surface area contributed by atoms with E-state index in [1.165, 1.54) is 30.4 Å². The van der Waals surface area contributed by atoms with Gasteiger partial charge in [-0.2, -0.15) is 0 Å². The molecule has 0 bridgehead atoms. The van der Waals surface area contributed by atoms with E-state index in [0.717, 1.165) is 28.6 Å². The van der Waals surface area contributed by atoms with Crippen molar-refractivity contribution >= 4 is 27.5 Å². The lowest BCUT2D eigenvalue weighted by Crippen LogP contribution is -2.23. The van der Waals surface area contributed by atoms with Gasteiger partial charge in [0, 0.05) is 10.4 Å². The van der Waals surface area contributed by atoms with Gasteiger partial charge in [-0.25, -0.2) is 0 Å². The zero-order chi connectivity index (χ0) is 12.0. The fourth-order valence-electron chi connectivity index (χ4n) is 3.51. The summed E-state index contributed by atoms with van der Waals surface area (Å²) in [5, 5.41) is 2.07. The fraction of sp³-hybridized carbons (Fsp3) is 0.600. The first-order valence-corrected chi connectivity index (χ1v) is 7.93. The number of halogens is 2. The maximum atomic E-state index is 6.36. The highest BCUT2D eigenvalue weighted by Gasteiger charge is 2.53. The summed E-state index contributed by atoms with van der Waals surface area (Å²) in [6.45, 7) is 2.10. The maximum Gasteiger partial charge on any atom is 0.0440 e. The molecule has 2 heteroatoms. The minimum Gasteiger partial charge on any atom is -0.0922 e. The van der Waals surface area contributed by atoms with Crippen LogP contribution in [0.15, 0.2) is 18.2 Å². The predicted molar refractivity (Wildman–Crippen MR) is 77.0 cm³/mol. The molecule has 0 aliphatic heterocycles. The van der Waals surface area contributed by atoms with Crippen LogP contribution in [0.3, 0.4) is 0 Å². The average Bonchev–Trinajstić information content (AvgIpc) is 2.91. The summed E-state index contributed by atoms with van der Waals surface area (Å²) in [6.07, 6.45) is 5.42. The molecule has 2 saturated carbocycles. The van der Waals surface area contributed by atoms with Crippen LogP contribution in [0.1, 0.15) is 30.4 Å². The fourth-order valence-corrected chi connectivity index (χ4v) is 4.46. The van der Waals surface area contributed by atoms with Gasteiger partial charge in [0.2, 0.25) is 0 Å². The standard InChI is InChI=1S/C15H18BrCl/c1-10-2-3-11(14(17)4-10)6-15(9-16)7-12-5-13(12)8-15/h2-4,12-13H,5-9H2,1H3. The lowest BCUT2D eigenvalue weighted by molar-refractivity contribution is 0.308. The molecule has 0 amide bonds. The van der Waals surface area contributed by atoms with E-state index >= 15 is 0 Å². The van der Waals surface area contributed by atoms with E-state index in [2.05, 4.69) is 41.1 Å². The summed E-state index contributed by atoms with van der Waals surface area (Å²) in [7, 11) is 0. The lowest BCUT2D eigenvalue weighted by atomic mass is 9.79. The molecular formula is C15H18BrCl. The van der Waals surface area contributed by atoms with Gasteiger partial charge in [-0.15, -0.1) is 0 Å². The molecule has 1 aromatic carbocycles. The smallest absolute Gasteiger partial charge is 0.0440 e. The molecule has 3 rings (SSSR count). The molecule has 0 saturated heterocycles. The van der Waals surface area contributed by atoms with E-state index in [9.17, 15) is 0 Å². The molecule has 0 spiro atoms. The van der Waals surface area contributed by atoms with Crippen LogP contribution in [0, 0.1) is 24.2 Å². The Morgan fingerprint density at radius 2 is 2.06 bits per heavy atom. The van der Waals surface area contributed by atoms with E-state index in [1.54, 1.807) is 0 Å². The van der Waals surface area contributed by atoms with Crippen molar-refractivity contribution in [1.82, 2.24) is 0 Å². The Morgan fingerprint density at radius 3 is 2.65 bits per heavy atom. The Morgan fingerprint density at radius 1 is 1.35 bits per heavy atom. The quantitative estimate of drug-likeness (QED) is 0.689. The summed E-state index contributed by atoms with van der Waals surface area (Å²) < 4.78 is 0. The molecule has 2 aliphatic rings. The molecule has 1 aromatic rings. The number of alkyl halides is 1. The minimum absolute atomic E-state index is 0.479. The second kappa shape index (κ2) is 4.28. The summed E-state index contributed by atoms with van der Waals surface area (Å²) in [5.41, 5.74) is 3.06. The van der Waals surface area contributed by atoms with Crippen molar-refractivity contribution in [3.8, 4) is 0 Å². The number of hydrogen-bond acceptors (Lipinski definition) is 0. The Bertz CT molecular complexity index is 431. The highest BCUT2D eigenvalue weighted by Crippen LogP contribution is 2.61. The number of benzene rings is 1. The SMILES string of the molecule is Cc1ccc(CC2(CBr)CC3CC3C2)c(Cl)c1. The van der Waals surface area contributed by atoms with E-state index in [1.807, 2.05) is 0 Å². The van der Waals surface area contributed by atoms with Crippen LogP contribution in [0.4, 0.5) is 0 Å². The van der Waals surface area contributed by atoms with Crippen LogP contribution in [0.2, 0.25) is 5.02 Å². The highest BCUT2D eigenvalue weighted by molar-refractivity contribution is 9.09. The maximum absolute atomic E-state index is 6.36. The van der Waals surface area contributed by atoms with Gasteiger partial charge >= 0.3 is 0 Å². The van der Waals surface area contributed by atoms with Crippen molar-refractivity contribution in [3.63, 3.8) is 0 Å². The van der Waals surface area contributed by atoms with Gasteiger partial charge in [0.05, 0.1) is 0 Å². The third-order valence-electron chi connectivity index (χ3n) is 4.52. The largest absolute Gasteiger partial charge is 0.0922 e. The third kappa shape index (κ3) is 2.29. The summed E-state index contributed by atoms with van der Waals surface area (Å²) in [5.74, 6) is 2.05. The normalized spacial score (nSPS) is 34.8. The molecule has 0 radical (unpaired) electrons. The van der Waals surface area contributed by atoms with Gasteiger partial charge < -0.3 is 0 Å². The van der Waals surface area contributed by atoms with Gasteiger partial charge in [-0.1, -0.05) is 39.7 Å². The molecule has 0 heterocycles. The first-order chi connectivity index (χ1) is 8.12. The van der Waals surface area contributed by atoms with Crippen LogP contribution in [-0.4, -0.2) is 5.33 Å². The monoisotopic (exact) mass is 312 g/mol. The molecule has 2 atom stereocenters. The average molecular weight is 314 g/mol. The topological polar surface area (TPSA) is 0 Å². The Hall–Kier alpha value is -0.0100. The summed E-state index contributed by atoms with van der Waals surface area (Å²) >= 11 is 10.1. The van der Waals surface area contributed by atoms with E-state index in [4.69, 9.17) is 11.6 Å². The van der Waals surface area contributed by atoms with Crippen molar-refractivity contribution in [2.24, 2.45) is 17.3 Å². The molecule has 92 valence electrons. The van der Waals surface area contributed by atoms with Crippen LogP contribution in [0.5, 0.6) is 0 Å². The van der Waals surface area contributed by atoms with Crippen LogP contribution in [-0.2, 0) is 6.42 Å². The van der Waals surface area contributed by atoms with Crippen molar-refractivity contribution in [3.05, 3.63) is 34.3 Å². The third-order valence-corrected chi connectivity index (χ3v) is 6.06. The first-order valence-electron chi connectivity index (χ1n) is 6.43. The lowest BCUT2D eigenvalue weighted by Gasteiger charge is -2.29. The van der Waals surface area contributed by atoms with Gasteiger partial charge in [0.1, 0.15) is 0 Å². The summed E-state index contributed by atoms with van der Waals surface area (Å²) in [6, 6.07) is 6.49. The molecular weight excluding hydrogens is 296 g/mol. The molecule has 17 heavy (non-hydrogen) atoms. The minimum atomic E-state index is 0.479. The molecule has 2 fully saturated rings. The molecule has 0 nitrogen and oxygen atoms in total. The second-order valence-corrected chi connectivity index (χ2v) is 7.04. The van der Waals surface area contributed by atoms with Gasteiger partial charge in [0.25, 0.3) is 0 Å². The Kier molecular flexibility index (Phi) is 3.03. The van der Waals surface area contributed by atoms with Crippen LogP contribution >= 0.6 is 27.5 Å². The highest BCUT2D eigenvalue weighted by atomic mass is 79.9. The number of hydrogen-bond donors (Lipinski definition) is 0. The van der Waals surface area contributed by atoms with Crippen LogP contribution in [0.25, 0.3) is 0 Å². The number of fused-ring (bicyclic) bond motifs is 1. The van der Waals surface area contributed by atoms with Crippen molar-refractivity contribution in [2.45, 2.75) is 32.6 Å². The van der Waals surface area contributed by atoms with Crippen molar-refractivity contribution < 1.29 is 0 Å². The van der Waals surface area contributed by atoms with E-state index in [0.29, 0.717) is 5.41 Å². The van der Waals surface area contributed by atoms with Gasteiger partial charge in [-0.3, -0.25) is 0 Å². The summed E-state index contributed by atoms with van der Waals surface area (Å²) in [4.78, 5) is 0. The van der Waals surface area contributed by atoms with Gasteiger partial charge in [0.15, 0.2) is 0 Å². The zero-order valence-electron chi connectivity index (χ0n) is 10.2. The van der Waals surface area contributed by atoms with Crippen molar-refractivity contribution in [2.75, 3.05) is 5.33 Å². The van der Waals surface area contributed by atoms with E-state index in [-0.39, 0.29) is 0 Å². The van der Waals surface area contributed by atoms with E-state index < -0.39 is 0 Å². The molecule has 2 unspecified atom stereocenters. The number of aryl methyl sites for hydroxylation is 1. The first kappa shape index (κ1) is 12.0. The van der Waals surface area contributed by atoms with Gasteiger partial charge in [-0.05, 0) is 67.1 Å². The Balaban J connectivity index is 1.81. The van der Waals surface area contributed by atoms with Crippen molar-refractivity contribution in [1.29, 1.82) is 0 Å². The van der Waals surface area contributed by atoms with Crippen LogP contribution < -0.4 is 0 Å². The Labute approximate surface area is 117 Å². The molecule has 0 aromatic heterocycles. The number of rotatable bonds is 3. The second-order valence-electron chi connectivity index (χ2n) is 6.07. The predicted octanol–water partition coefficient (Wildman–Crippen LogP) is 5.00. The molecule has 0 N–H and O–H groups in total.